The van der Waals surface area contributed by atoms with Gasteiger partial charge in [0.2, 0.25) is 0 Å². The largest absolute Gasteiger partial charge is 0.411 e. The first-order chi connectivity index (χ1) is 14.4. The standard InChI is InChI=1S/C22H34F3N3O2.HI/c1-3-29-12-11-21(9-4-5-10-21)16-28-20(26-2)27-14-18-7-6-8-19(13-18)15-30-17-22(23,24)25;/h6-8,13H,3-5,9-12,14-17H2,1-2H3,(H2,26,27,28);1H. The van der Waals surface area contributed by atoms with Crippen LogP contribution in [-0.4, -0.2) is 45.5 Å². The van der Waals surface area contributed by atoms with Crippen LogP contribution in [0.5, 0.6) is 0 Å². The Bertz CT molecular complexity index is 666. The molecular weight excluding hydrogens is 522 g/mol. The summed E-state index contributed by atoms with van der Waals surface area (Å²) in [7, 11) is 1.73. The number of nitrogens with zero attached hydrogens (tertiary/aromatic N) is 1. The molecule has 1 aliphatic rings. The van der Waals surface area contributed by atoms with Gasteiger partial charge in [0.15, 0.2) is 5.96 Å². The fraction of sp³-hybridized carbons (Fsp3) is 0.682. The van der Waals surface area contributed by atoms with Gasteiger partial charge in [-0.15, -0.1) is 24.0 Å². The van der Waals surface area contributed by atoms with Crippen LogP contribution in [0.4, 0.5) is 13.2 Å². The Morgan fingerprint density at radius 3 is 2.48 bits per heavy atom. The smallest absolute Gasteiger partial charge is 0.382 e. The molecule has 0 aliphatic heterocycles. The van der Waals surface area contributed by atoms with E-state index in [1.807, 2.05) is 25.1 Å². The molecule has 0 heterocycles. The van der Waals surface area contributed by atoms with E-state index in [-0.39, 0.29) is 36.0 Å². The number of guanidine groups is 1. The van der Waals surface area contributed by atoms with Crippen molar-refractivity contribution in [2.24, 2.45) is 10.4 Å². The van der Waals surface area contributed by atoms with Crippen LogP contribution in [0.2, 0.25) is 0 Å². The highest BCUT2D eigenvalue weighted by Crippen LogP contribution is 2.40. The summed E-state index contributed by atoms with van der Waals surface area (Å²) in [5.41, 5.74) is 1.92. The summed E-state index contributed by atoms with van der Waals surface area (Å²) in [5, 5.41) is 6.74. The van der Waals surface area contributed by atoms with E-state index in [4.69, 9.17) is 9.47 Å². The predicted molar refractivity (Wildman–Crippen MR) is 128 cm³/mol. The van der Waals surface area contributed by atoms with Gasteiger partial charge < -0.3 is 20.1 Å². The van der Waals surface area contributed by atoms with E-state index in [0.29, 0.717) is 12.1 Å². The summed E-state index contributed by atoms with van der Waals surface area (Å²) in [6.07, 6.45) is 1.64. The molecule has 0 saturated heterocycles. The number of alkyl halides is 3. The van der Waals surface area contributed by atoms with Crippen LogP contribution in [-0.2, 0) is 22.6 Å². The van der Waals surface area contributed by atoms with Crippen molar-refractivity contribution in [3.05, 3.63) is 35.4 Å². The second kappa shape index (κ2) is 14.2. The minimum Gasteiger partial charge on any atom is -0.382 e. The topological polar surface area (TPSA) is 54.9 Å². The van der Waals surface area contributed by atoms with Gasteiger partial charge in [0.1, 0.15) is 6.61 Å². The fourth-order valence-electron chi connectivity index (χ4n) is 3.86. The van der Waals surface area contributed by atoms with Gasteiger partial charge in [-0.25, -0.2) is 0 Å². The molecule has 0 bridgehead atoms. The van der Waals surface area contributed by atoms with Crippen molar-refractivity contribution in [1.29, 1.82) is 0 Å². The Kier molecular flexibility index (Phi) is 12.8. The lowest BCUT2D eigenvalue weighted by Crippen LogP contribution is -2.43. The molecule has 0 atom stereocenters. The van der Waals surface area contributed by atoms with Crippen molar-refractivity contribution in [2.75, 3.05) is 33.4 Å². The lowest BCUT2D eigenvalue weighted by molar-refractivity contribution is -0.176. The number of nitrogens with one attached hydrogen (secondary N) is 2. The molecule has 1 aromatic carbocycles. The monoisotopic (exact) mass is 557 g/mol. The molecule has 1 aromatic rings. The first-order valence-electron chi connectivity index (χ1n) is 10.6. The van der Waals surface area contributed by atoms with Crippen LogP contribution in [0.15, 0.2) is 29.3 Å². The highest BCUT2D eigenvalue weighted by Gasteiger charge is 2.33. The molecule has 0 radical (unpaired) electrons. The van der Waals surface area contributed by atoms with Gasteiger partial charge in [-0.3, -0.25) is 4.99 Å². The SMILES string of the molecule is CCOCCC1(CNC(=NC)NCc2cccc(COCC(F)(F)F)c2)CCCC1.I. The number of benzene rings is 1. The quantitative estimate of drug-likeness (QED) is 0.173. The Hall–Kier alpha value is -1.07. The van der Waals surface area contributed by atoms with Crippen molar-refractivity contribution in [3.8, 4) is 0 Å². The average molecular weight is 557 g/mol. The van der Waals surface area contributed by atoms with Crippen LogP contribution in [0.25, 0.3) is 0 Å². The van der Waals surface area contributed by atoms with Gasteiger partial charge in [-0.05, 0) is 42.7 Å². The van der Waals surface area contributed by atoms with Crippen LogP contribution >= 0.6 is 24.0 Å². The number of aliphatic imine (C=N–C) groups is 1. The zero-order chi connectivity index (χ0) is 21.9. The Balaban J connectivity index is 0.00000480. The zero-order valence-electron chi connectivity index (χ0n) is 18.4. The molecule has 5 nitrogen and oxygen atoms in total. The second-order valence-corrected chi connectivity index (χ2v) is 7.86. The fourth-order valence-corrected chi connectivity index (χ4v) is 3.86. The van der Waals surface area contributed by atoms with E-state index in [1.165, 1.54) is 25.7 Å². The van der Waals surface area contributed by atoms with Crippen LogP contribution in [0.3, 0.4) is 0 Å². The van der Waals surface area contributed by atoms with Crippen molar-refractivity contribution in [1.82, 2.24) is 10.6 Å². The second-order valence-electron chi connectivity index (χ2n) is 7.86. The molecule has 0 amide bonds. The highest BCUT2D eigenvalue weighted by molar-refractivity contribution is 14.0. The maximum absolute atomic E-state index is 12.2. The molecule has 1 saturated carbocycles. The van der Waals surface area contributed by atoms with E-state index in [2.05, 4.69) is 15.6 Å². The maximum atomic E-state index is 12.2. The molecule has 31 heavy (non-hydrogen) atoms. The molecule has 9 heteroatoms. The van der Waals surface area contributed by atoms with E-state index >= 15 is 0 Å². The Morgan fingerprint density at radius 2 is 1.84 bits per heavy atom. The lowest BCUT2D eigenvalue weighted by atomic mass is 9.83. The molecule has 178 valence electrons. The number of ether oxygens (including phenoxy) is 2. The van der Waals surface area contributed by atoms with Crippen molar-refractivity contribution in [3.63, 3.8) is 0 Å². The number of rotatable bonds is 11. The summed E-state index contributed by atoms with van der Waals surface area (Å²) in [6.45, 7) is 3.62. The zero-order valence-corrected chi connectivity index (χ0v) is 20.7. The van der Waals surface area contributed by atoms with Crippen molar-refractivity contribution < 1.29 is 22.6 Å². The third kappa shape index (κ3) is 10.9. The highest BCUT2D eigenvalue weighted by atomic mass is 127. The van der Waals surface area contributed by atoms with E-state index in [1.54, 1.807) is 13.1 Å². The first-order valence-corrected chi connectivity index (χ1v) is 10.6. The van der Waals surface area contributed by atoms with Gasteiger partial charge in [0.05, 0.1) is 6.61 Å². The van der Waals surface area contributed by atoms with E-state index in [9.17, 15) is 13.2 Å². The molecular formula is C22H35F3IN3O2. The van der Waals surface area contributed by atoms with Gasteiger partial charge in [-0.2, -0.15) is 13.2 Å². The molecule has 0 aromatic heterocycles. The molecule has 0 spiro atoms. The Morgan fingerprint density at radius 1 is 1.13 bits per heavy atom. The van der Waals surface area contributed by atoms with Gasteiger partial charge >= 0.3 is 6.18 Å². The summed E-state index contributed by atoms with van der Waals surface area (Å²) >= 11 is 0. The normalized spacial score (nSPS) is 16.1. The molecule has 2 N–H and O–H groups in total. The number of hydrogen-bond donors (Lipinski definition) is 2. The first kappa shape index (κ1) is 28.0. The van der Waals surface area contributed by atoms with Gasteiger partial charge in [0, 0.05) is 33.4 Å². The van der Waals surface area contributed by atoms with E-state index in [0.717, 1.165) is 37.7 Å². The van der Waals surface area contributed by atoms with Crippen molar-refractivity contribution >= 4 is 29.9 Å². The minimum atomic E-state index is -4.31. The molecule has 0 unspecified atom stereocenters. The number of hydrogen-bond acceptors (Lipinski definition) is 3. The average Bonchev–Trinajstić information content (AvgIpc) is 3.17. The summed E-state index contributed by atoms with van der Waals surface area (Å²) in [4.78, 5) is 4.30. The molecule has 2 rings (SSSR count). The third-order valence-electron chi connectivity index (χ3n) is 5.49. The van der Waals surface area contributed by atoms with E-state index < -0.39 is 12.8 Å². The van der Waals surface area contributed by atoms with Crippen LogP contribution in [0, 0.1) is 5.41 Å². The van der Waals surface area contributed by atoms with Gasteiger partial charge in [0.25, 0.3) is 0 Å². The molecule has 1 aliphatic carbocycles. The molecule has 1 fully saturated rings. The summed E-state index contributed by atoms with van der Waals surface area (Å²) < 4.78 is 47.0. The number of halogens is 4. The maximum Gasteiger partial charge on any atom is 0.411 e. The minimum absolute atomic E-state index is 0. The van der Waals surface area contributed by atoms with Crippen LogP contribution in [0.1, 0.15) is 50.2 Å². The summed E-state index contributed by atoms with van der Waals surface area (Å²) in [5.74, 6) is 0.719. The van der Waals surface area contributed by atoms with Crippen molar-refractivity contribution in [2.45, 2.75) is 58.4 Å². The summed E-state index contributed by atoms with van der Waals surface area (Å²) in [6, 6.07) is 7.35. The van der Waals surface area contributed by atoms with Gasteiger partial charge in [-0.1, -0.05) is 37.1 Å². The van der Waals surface area contributed by atoms with Crippen LogP contribution < -0.4 is 10.6 Å². The third-order valence-corrected chi connectivity index (χ3v) is 5.49. The lowest BCUT2D eigenvalue weighted by Gasteiger charge is -2.30. The Labute approximate surface area is 200 Å². The predicted octanol–water partition coefficient (Wildman–Crippen LogP) is 5.04.